The maximum absolute atomic E-state index is 12.1. The van der Waals surface area contributed by atoms with Crippen LogP contribution in [0, 0.1) is 6.92 Å². The van der Waals surface area contributed by atoms with E-state index in [0.29, 0.717) is 5.56 Å². The molecule has 0 aliphatic heterocycles. The highest BCUT2D eigenvalue weighted by Crippen LogP contribution is 2.17. The molecule has 2 rings (SSSR count). The van der Waals surface area contributed by atoms with Crippen LogP contribution in [0.1, 0.15) is 34.5 Å². The summed E-state index contributed by atoms with van der Waals surface area (Å²) in [5.74, 6) is -0.0459. The number of carbonyl (C=O) groups is 1. The lowest BCUT2D eigenvalue weighted by atomic mass is 10.1. The Hall–Kier alpha value is -1.61. The van der Waals surface area contributed by atoms with Crippen molar-refractivity contribution in [2.45, 2.75) is 19.9 Å². The number of hydrogen-bond donors (Lipinski definition) is 1. The Labute approximate surface area is 122 Å². The minimum atomic E-state index is -0.0459. The highest BCUT2D eigenvalue weighted by molar-refractivity contribution is 9.10. The van der Waals surface area contributed by atoms with Crippen molar-refractivity contribution in [2.24, 2.45) is 0 Å². The first kappa shape index (κ1) is 13.8. The van der Waals surface area contributed by atoms with Gasteiger partial charge in [-0.1, -0.05) is 45.8 Å². The lowest BCUT2D eigenvalue weighted by molar-refractivity contribution is 0.0940. The second-order valence-electron chi connectivity index (χ2n) is 4.61. The van der Waals surface area contributed by atoms with Crippen LogP contribution in [0.4, 0.5) is 0 Å². The molecule has 0 fully saturated rings. The molecule has 2 aromatic rings. The van der Waals surface area contributed by atoms with Gasteiger partial charge in [-0.15, -0.1) is 0 Å². The van der Waals surface area contributed by atoms with E-state index < -0.39 is 0 Å². The quantitative estimate of drug-likeness (QED) is 0.901. The van der Waals surface area contributed by atoms with Crippen LogP contribution < -0.4 is 5.32 Å². The second kappa shape index (κ2) is 6.02. The smallest absolute Gasteiger partial charge is 0.251 e. The zero-order chi connectivity index (χ0) is 13.8. The topological polar surface area (TPSA) is 29.1 Å². The van der Waals surface area contributed by atoms with Gasteiger partial charge in [0.1, 0.15) is 0 Å². The lowest BCUT2D eigenvalue weighted by Crippen LogP contribution is -2.26. The summed E-state index contributed by atoms with van der Waals surface area (Å²) in [6, 6.07) is 15.5. The Balaban J connectivity index is 2.06. The maximum atomic E-state index is 12.1. The summed E-state index contributed by atoms with van der Waals surface area (Å²) >= 11 is 3.40. The Morgan fingerprint density at radius 2 is 1.63 bits per heavy atom. The first-order chi connectivity index (χ1) is 9.06. The Kier molecular flexibility index (Phi) is 4.38. The summed E-state index contributed by atoms with van der Waals surface area (Å²) in [7, 11) is 0. The minimum absolute atomic E-state index is 0.0121. The van der Waals surface area contributed by atoms with Gasteiger partial charge in [0.05, 0.1) is 6.04 Å². The highest BCUT2D eigenvalue weighted by Gasteiger charge is 2.10. The molecule has 0 aliphatic rings. The zero-order valence-corrected chi connectivity index (χ0v) is 12.6. The summed E-state index contributed by atoms with van der Waals surface area (Å²) in [6.45, 7) is 3.99. The molecule has 2 aromatic carbocycles. The second-order valence-corrected chi connectivity index (χ2v) is 5.53. The van der Waals surface area contributed by atoms with E-state index in [0.717, 1.165) is 15.6 Å². The number of benzene rings is 2. The Morgan fingerprint density at radius 3 is 2.21 bits per heavy atom. The van der Waals surface area contributed by atoms with E-state index in [9.17, 15) is 4.79 Å². The zero-order valence-electron chi connectivity index (χ0n) is 11.0. The molecule has 1 atom stereocenters. The van der Waals surface area contributed by atoms with Crippen molar-refractivity contribution in [3.63, 3.8) is 0 Å². The van der Waals surface area contributed by atoms with Gasteiger partial charge in [-0.25, -0.2) is 0 Å². The van der Waals surface area contributed by atoms with Crippen LogP contribution in [-0.2, 0) is 0 Å². The normalized spacial score (nSPS) is 11.9. The minimum Gasteiger partial charge on any atom is -0.346 e. The van der Waals surface area contributed by atoms with Gasteiger partial charge in [0.25, 0.3) is 5.91 Å². The van der Waals surface area contributed by atoms with Crippen LogP contribution in [0.15, 0.2) is 53.0 Å². The molecule has 0 aromatic heterocycles. The van der Waals surface area contributed by atoms with E-state index in [1.807, 2.05) is 62.4 Å². The standard InChI is InChI=1S/C16H16BrNO/c1-11-3-5-14(6-4-11)16(19)18-12(2)13-7-9-15(17)10-8-13/h3-10,12H,1-2H3,(H,18,19)/t12-/m0/s1. The summed E-state index contributed by atoms with van der Waals surface area (Å²) in [5, 5.41) is 3.00. The first-order valence-corrected chi connectivity index (χ1v) is 6.98. The van der Waals surface area contributed by atoms with E-state index in [-0.39, 0.29) is 11.9 Å². The molecule has 2 nitrogen and oxygen atoms in total. The molecule has 0 unspecified atom stereocenters. The largest absolute Gasteiger partial charge is 0.346 e. The van der Waals surface area contributed by atoms with Gasteiger partial charge < -0.3 is 5.32 Å². The van der Waals surface area contributed by atoms with Crippen LogP contribution in [0.2, 0.25) is 0 Å². The van der Waals surface area contributed by atoms with Gasteiger partial charge >= 0.3 is 0 Å². The third-order valence-corrected chi connectivity index (χ3v) is 3.56. The molecule has 0 heterocycles. The van der Waals surface area contributed by atoms with Crippen LogP contribution >= 0.6 is 15.9 Å². The predicted octanol–water partition coefficient (Wildman–Crippen LogP) is 4.25. The maximum Gasteiger partial charge on any atom is 0.251 e. The number of amides is 1. The summed E-state index contributed by atoms with van der Waals surface area (Å²) < 4.78 is 1.04. The van der Waals surface area contributed by atoms with E-state index in [2.05, 4.69) is 21.2 Å². The number of hydrogen-bond acceptors (Lipinski definition) is 1. The highest BCUT2D eigenvalue weighted by atomic mass is 79.9. The molecular formula is C16H16BrNO. The molecule has 0 bridgehead atoms. The van der Waals surface area contributed by atoms with Gasteiger partial charge in [0.2, 0.25) is 0 Å². The predicted molar refractivity (Wildman–Crippen MR) is 81.2 cm³/mol. The van der Waals surface area contributed by atoms with Gasteiger partial charge in [-0.3, -0.25) is 4.79 Å². The lowest BCUT2D eigenvalue weighted by Gasteiger charge is -2.14. The molecule has 0 saturated carbocycles. The molecule has 19 heavy (non-hydrogen) atoms. The average molecular weight is 318 g/mol. The molecule has 0 saturated heterocycles. The van der Waals surface area contributed by atoms with E-state index in [1.165, 1.54) is 0 Å². The molecule has 98 valence electrons. The van der Waals surface area contributed by atoms with Gasteiger partial charge in [-0.05, 0) is 43.7 Å². The molecule has 0 radical (unpaired) electrons. The first-order valence-electron chi connectivity index (χ1n) is 6.19. The fraction of sp³-hybridized carbons (Fsp3) is 0.188. The number of halogens is 1. The summed E-state index contributed by atoms with van der Waals surface area (Å²) in [4.78, 5) is 12.1. The van der Waals surface area contributed by atoms with Gasteiger partial charge in [0, 0.05) is 10.0 Å². The van der Waals surface area contributed by atoms with Crippen LogP contribution in [0.5, 0.6) is 0 Å². The third-order valence-electron chi connectivity index (χ3n) is 3.03. The molecule has 0 aliphatic carbocycles. The number of aryl methyl sites for hydroxylation is 1. The van der Waals surface area contributed by atoms with E-state index in [1.54, 1.807) is 0 Å². The van der Waals surface area contributed by atoms with Crippen molar-refractivity contribution >= 4 is 21.8 Å². The van der Waals surface area contributed by atoms with Crippen LogP contribution in [-0.4, -0.2) is 5.91 Å². The third kappa shape index (κ3) is 3.67. The summed E-state index contributed by atoms with van der Waals surface area (Å²) in [6.07, 6.45) is 0. The Bertz CT molecular complexity index is 560. The molecule has 1 N–H and O–H groups in total. The Morgan fingerprint density at radius 1 is 1.05 bits per heavy atom. The SMILES string of the molecule is Cc1ccc(C(=O)N[C@@H](C)c2ccc(Br)cc2)cc1. The average Bonchev–Trinajstić information content (AvgIpc) is 2.40. The molecule has 3 heteroatoms. The van der Waals surface area contributed by atoms with Crippen molar-refractivity contribution in [1.29, 1.82) is 0 Å². The number of rotatable bonds is 3. The van der Waals surface area contributed by atoms with Gasteiger partial charge in [0.15, 0.2) is 0 Å². The van der Waals surface area contributed by atoms with E-state index in [4.69, 9.17) is 0 Å². The van der Waals surface area contributed by atoms with Crippen molar-refractivity contribution in [3.05, 3.63) is 69.7 Å². The fourth-order valence-electron chi connectivity index (χ4n) is 1.82. The van der Waals surface area contributed by atoms with Crippen molar-refractivity contribution in [3.8, 4) is 0 Å². The molecule has 0 spiro atoms. The van der Waals surface area contributed by atoms with Crippen LogP contribution in [0.3, 0.4) is 0 Å². The van der Waals surface area contributed by atoms with Crippen LogP contribution in [0.25, 0.3) is 0 Å². The number of nitrogens with one attached hydrogen (secondary N) is 1. The number of carbonyl (C=O) groups excluding carboxylic acids is 1. The monoisotopic (exact) mass is 317 g/mol. The molecular weight excluding hydrogens is 302 g/mol. The summed E-state index contributed by atoms with van der Waals surface area (Å²) in [5.41, 5.74) is 2.93. The van der Waals surface area contributed by atoms with Crippen molar-refractivity contribution < 1.29 is 4.79 Å². The van der Waals surface area contributed by atoms with Crippen molar-refractivity contribution in [2.75, 3.05) is 0 Å². The van der Waals surface area contributed by atoms with Gasteiger partial charge in [-0.2, -0.15) is 0 Å². The van der Waals surface area contributed by atoms with Crippen molar-refractivity contribution in [1.82, 2.24) is 5.32 Å². The fourth-order valence-corrected chi connectivity index (χ4v) is 2.08. The van der Waals surface area contributed by atoms with E-state index >= 15 is 0 Å². The molecule has 1 amide bonds.